The maximum Gasteiger partial charge on any atom is 0.359 e. The van der Waals surface area contributed by atoms with Gasteiger partial charge in [0.25, 0.3) is 10.0 Å². The number of nitrogens with zero attached hydrogens (tertiary/aromatic N) is 2. The van der Waals surface area contributed by atoms with E-state index in [1.807, 2.05) is 4.72 Å². The number of carbonyl (C=O) groups is 1. The van der Waals surface area contributed by atoms with E-state index in [0.717, 1.165) is 7.11 Å². The van der Waals surface area contributed by atoms with Crippen molar-refractivity contribution >= 4 is 21.8 Å². The zero-order valence-corrected chi connectivity index (χ0v) is 9.78. The number of nitrogens with one attached hydrogen (secondary N) is 1. The second-order valence-electron chi connectivity index (χ2n) is 3.34. The first-order valence-electron chi connectivity index (χ1n) is 4.45. The van der Waals surface area contributed by atoms with Gasteiger partial charge in [0.05, 0.1) is 12.7 Å². The number of carbonyl (C=O) groups excluding carboxylic acids is 1. The van der Waals surface area contributed by atoms with E-state index in [1.54, 1.807) is 0 Å². The van der Waals surface area contributed by atoms with E-state index in [1.165, 1.54) is 17.9 Å². The fraction of sp³-hybridized carbons (Fsp3) is 0.250. The van der Waals surface area contributed by atoms with Gasteiger partial charge in [-0.05, 0) is 0 Å². The molecular weight excluding hydrogens is 250 g/mol. The van der Waals surface area contributed by atoms with Crippen LogP contribution in [0.1, 0.15) is 5.56 Å². The fourth-order valence-corrected chi connectivity index (χ4v) is 2.66. The first-order valence-corrected chi connectivity index (χ1v) is 5.93. The number of rotatable bonds is 1. The zero-order valence-electron chi connectivity index (χ0n) is 8.96. The molecule has 0 unspecified atom stereocenters. The van der Waals surface area contributed by atoms with Crippen molar-refractivity contribution in [3.63, 3.8) is 0 Å². The largest absolute Gasteiger partial charge is 0.505 e. The summed E-state index contributed by atoms with van der Waals surface area (Å²) in [6, 6.07) is 0. The highest BCUT2D eigenvalue weighted by molar-refractivity contribution is 7.89. The molecule has 1 aliphatic rings. The maximum absolute atomic E-state index is 11.7. The Morgan fingerprint density at radius 2 is 2.24 bits per heavy atom. The summed E-state index contributed by atoms with van der Waals surface area (Å²) < 4.78 is 30.9. The number of hydrogen-bond donors (Lipinski definition) is 2. The molecule has 0 saturated heterocycles. The number of aliphatic hydroxyl groups excluding tert-OH is 1. The van der Waals surface area contributed by atoms with Crippen LogP contribution in [-0.4, -0.2) is 36.4 Å². The van der Waals surface area contributed by atoms with Crippen molar-refractivity contribution in [2.24, 2.45) is 7.05 Å². The summed E-state index contributed by atoms with van der Waals surface area (Å²) >= 11 is 0. The Balaban J connectivity index is 2.71. The Morgan fingerprint density at radius 1 is 1.59 bits per heavy atom. The van der Waals surface area contributed by atoms with Crippen molar-refractivity contribution in [2.45, 2.75) is 5.03 Å². The van der Waals surface area contributed by atoms with Gasteiger partial charge in [-0.25, -0.2) is 4.79 Å². The summed E-state index contributed by atoms with van der Waals surface area (Å²) in [7, 11) is -1.38. The molecule has 2 N–H and O–H groups in total. The van der Waals surface area contributed by atoms with E-state index in [2.05, 4.69) is 9.84 Å². The number of aliphatic hydroxyl groups is 1. The summed E-state index contributed by atoms with van der Waals surface area (Å²) in [5, 5.41) is 13.1. The molecule has 1 aromatic rings. The highest BCUT2D eigenvalue weighted by Crippen LogP contribution is 2.27. The minimum Gasteiger partial charge on any atom is -0.505 e. The monoisotopic (exact) mass is 259 g/mol. The quantitative estimate of drug-likeness (QED) is 0.633. The predicted molar refractivity (Wildman–Crippen MR) is 55.1 cm³/mol. The summed E-state index contributed by atoms with van der Waals surface area (Å²) in [6.07, 6.45) is 1.30. The Kier molecular flexibility index (Phi) is 2.35. The van der Waals surface area contributed by atoms with E-state index in [4.69, 9.17) is 0 Å². The van der Waals surface area contributed by atoms with Crippen LogP contribution in [0.3, 0.4) is 0 Å². The molecule has 0 aromatic carbocycles. The fourth-order valence-electron chi connectivity index (χ4n) is 1.44. The molecule has 9 heteroatoms. The van der Waals surface area contributed by atoms with Gasteiger partial charge in [-0.1, -0.05) is 0 Å². The number of ether oxygens (including phenoxy) is 1. The molecule has 2 rings (SSSR count). The van der Waals surface area contributed by atoms with E-state index in [-0.39, 0.29) is 10.6 Å². The second-order valence-corrected chi connectivity index (χ2v) is 4.94. The van der Waals surface area contributed by atoms with Crippen molar-refractivity contribution in [3.05, 3.63) is 17.5 Å². The Morgan fingerprint density at radius 3 is 2.82 bits per heavy atom. The van der Waals surface area contributed by atoms with E-state index in [0.29, 0.717) is 0 Å². The Bertz CT molecular complexity index is 628. The minimum atomic E-state index is -3.96. The molecule has 0 saturated carbocycles. The number of aryl methyl sites for hydroxylation is 1. The third kappa shape index (κ3) is 1.64. The van der Waals surface area contributed by atoms with Gasteiger partial charge in [-0.3, -0.25) is 9.40 Å². The van der Waals surface area contributed by atoms with Crippen molar-refractivity contribution in [1.82, 2.24) is 14.5 Å². The van der Waals surface area contributed by atoms with Gasteiger partial charge >= 0.3 is 5.97 Å². The average Bonchev–Trinajstić information content (AvgIpc) is 2.66. The number of fused-ring (bicyclic) bond motifs is 1. The lowest BCUT2D eigenvalue weighted by atomic mass is 10.2. The normalized spacial score (nSPS) is 17.3. The molecule has 0 fully saturated rings. The van der Waals surface area contributed by atoms with Crippen LogP contribution in [0.25, 0.3) is 5.76 Å². The molecule has 0 spiro atoms. The Hall–Kier alpha value is -2.03. The highest BCUT2D eigenvalue weighted by atomic mass is 32.2. The van der Waals surface area contributed by atoms with Crippen LogP contribution in [0.15, 0.2) is 16.9 Å². The van der Waals surface area contributed by atoms with Crippen LogP contribution >= 0.6 is 0 Å². The SMILES string of the molecule is COC(=O)C1=C(O)c2cn(C)nc2S(=O)(=O)N1. The van der Waals surface area contributed by atoms with E-state index >= 15 is 0 Å². The number of hydrogen-bond acceptors (Lipinski definition) is 6. The van der Waals surface area contributed by atoms with Crippen LogP contribution in [0.5, 0.6) is 0 Å². The molecule has 8 nitrogen and oxygen atoms in total. The minimum absolute atomic E-state index is 0.0355. The summed E-state index contributed by atoms with van der Waals surface area (Å²) in [5.41, 5.74) is -0.556. The maximum atomic E-state index is 11.7. The number of esters is 1. The predicted octanol–water partition coefficient (Wildman–Crippen LogP) is -0.888. The van der Waals surface area contributed by atoms with Gasteiger partial charge in [0.1, 0.15) is 0 Å². The van der Waals surface area contributed by atoms with Crippen LogP contribution in [0, 0.1) is 0 Å². The van der Waals surface area contributed by atoms with Gasteiger partial charge < -0.3 is 9.84 Å². The van der Waals surface area contributed by atoms with Crippen molar-refractivity contribution in [1.29, 1.82) is 0 Å². The molecule has 0 radical (unpaired) electrons. The third-order valence-corrected chi connectivity index (χ3v) is 3.45. The Labute approximate surface area is 96.5 Å². The number of sulfonamides is 1. The highest BCUT2D eigenvalue weighted by Gasteiger charge is 2.35. The molecule has 17 heavy (non-hydrogen) atoms. The number of aromatic nitrogens is 2. The van der Waals surface area contributed by atoms with E-state index < -0.39 is 27.4 Å². The van der Waals surface area contributed by atoms with Crippen LogP contribution in [0.2, 0.25) is 0 Å². The van der Waals surface area contributed by atoms with Gasteiger partial charge in [-0.2, -0.15) is 13.5 Å². The molecular formula is C8H9N3O5S. The van der Waals surface area contributed by atoms with Crippen LogP contribution in [-0.2, 0) is 26.6 Å². The molecule has 2 heterocycles. The van der Waals surface area contributed by atoms with Crippen LogP contribution in [0.4, 0.5) is 0 Å². The topological polar surface area (TPSA) is 111 Å². The molecule has 0 aliphatic carbocycles. The smallest absolute Gasteiger partial charge is 0.359 e. The lowest BCUT2D eigenvalue weighted by Gasteiger charge is -2.15. The first kappa shape index (κ1) is 11.5. The average molecular weight is 259 g/mol. The molecule has 92 valence electrons. The molecule has 0 atom stereocenters. The van der Waals surface area contributed by atoms with Gasteiger partial charge in [0.15, 0.2) is 11.5 Å². The third-order valence-electron chi connectivity index (χ3n) is 2.17. The molecule has 0 amide bonds. The van der Waals surface area contributed by atoms with E-state index in [9.17, 15) is 18.3 Å². The van der Waals surface area contributed by atoms with Crippen molar-refractivity contribution in [3.8, 4) is 0 Å². The summed E-state index contributed by atoms with van der Waals surface area (Å²) in [6.45, 7) is 0. The van der Waals surface area contributed by atoms with Crippen molar-refractivity contribution in [2.75, 3.05) is 7.11 Å². The standard InChI is InChI=1S/C8H9N3O5S/c1-11-3-4-6(12)5(8(13)16-2)10-17(14,15)7(4)9-11/h3,10,12H,1-2H3. The second kappa shape index (κ2) is 3.48. The lowest BCUT2D eigenvalue weighted by Crippen LogP contribution is -2.33. The summed E-state index contributed by atoms with van der Waals surface area (Å²) in [5.74, 6) is -1.48. The summed E-state index contributed by atoms with van der Waals surface area (Å²) in [4.78, 5) is 11.3. The number of methoxy groups -OCH3 is 1. The zero-order chi connectivity index (χ0) is 12.8. The molecule has 0 bridgehead atoms. The first-order chi connectivity index (χ1) is 7.86. The van der Waals surface area contributed by atoms with Gasteiger partial charge in [0.2, 0.25) is 5.03 Å². The van der Waals surface area contributed by atoms with Gasteiger partial charge in [0, 0.05) is 13.2 Å². The molecule has 1 aromatic heterocycles. The molecule has 1 aliphatic heterocycles. The lowest BCUT2D eigenvalue weighted by molar-refractivity contribution is -0.136. The van der Waals surface area contributed by atoms with Gasteiger partial charge in [-0.15, -0.1) is 0 Å². The van der Waals surface area contributed by atoms with Crippen molar-refractivity contribution < 1.29 is 23.1 Å². The van der Waals surface area contributed by atoms with Crippen LogP contribution < -0.4 is 4.72 Å².